The highest BCUT2D eigenvalue weighted by Gasteiger charge is 2.10. The molecule has 0 spiro atoms. The van der Waals surface area contributed by atoms with Crippen LogP contribution >= 0.6 is 15.9 Å². The van der Waals surface area contributed by atoms with Crippen LogP contribution in [0.1, 0.15) is 5.56 Å². The Labute approximate surface area is 132 Å². The van der Waals surface area contributed by atoms with Crippen LogP contribution < -0.4 is 10.6 Å². The molecule has 0 fully saturated rings. The number of pyridine rings is 1. The summed E-state index contributed by atoms with van der Waals surface area (Å²) in [7, 11) is 2.04. The van der Waals surface area contributed by atoms with E-state index in [4.69, 9.17) is 5.73 Å². The van der Waals surface area contributed by atoms with E-state index in [0.717, 1.165) is 38.9 Å². The largest absolute Gasteiger partial charge is 0.398 e. The molecule has 3 aromatic rings. The van der Waals surface area contributed by atoms with Gasteiger partial charge in [0.25, 0.3) is 0 Å². The lowest BCUT2D eigenvalue weighted by molar-refractivity contribution is 0.907. The minimum atomic E-state index is 0.727. The lowest BCUT2D eigenvalue weighted by atomic mass is 10.1. The summed E-state index contributed by atoms with van der Waals surface area (Å²) in [6.07, 6.45) is 1.84. The highest BCUT2D eigenvalue weighted by atomic mass is 79.9. The molecule has 0 aliphatic carbocycles. The van der Waals surface area contributed by atoms with Crippen LogP contribution in [0.25, 0.3) is 10.8 Å². The summed E-state index contributed by atoms with van der Waals surface area (Å²) in [6.45, 7) is 0.727. The van der Waals surface area contributed by atoms with Gasteiger partial charge in [-0.3, -0.25) is 0 Å². The first kappa shape index (κ1) is 13.9. The Kier molecular flexibility index (Phi) is 3.80. The zero-order valence-electron chi connectivity index (χ0n) is 11.8. The van der Waals surface area contributed by atoms with Gasteiger partial charge in [-0.25, -0.2) is 4.98 Å². The predicted octanol–water partition coefficient (Wildman–Crippen LogP) is 4.22. The van der Waals surface area contributed by atoms with Crippen LogP contribution in [0.4, 0.5) is 11.5 Å². The van der Waals surface area contributed by atoms with Gasteiger partial charge in [0.05, 0.1) is 0 Å². The topological polar surface area (TPSA) is 42.1 Å². The molecule has 0 aliphatic heterocycles. The Balaban J connectivity index is 2.01. The van der Waals surface area contributed by atoms with E-state index in [0.29, 0.717) is 0 Å². The van der Waals surface area contributed by atoms with Gasteiger partial charge >= 0.3 is 0 Å². The van der Waals surface area contributed by atoms with Crippen LogP contribution in [0.5, 0.6) is 0 Å². The van der Waals surface area contributed by atoms with Crippen molar-refractivity contribution in [2.24, 2.45) is 0 Å². The summed E-state index contributed by atoms with van der Waals surface area (Å²) in [5, 5.41) is 2.29. The van der Waals surface area contributed by atoms with Crippen LogP contribution in [-0.4, -0.2) is 12.0 Å². The van der Waals surface area contributed by atoms with E-state index in [2.05, 4.69) is 31.9 Å². The minimum absolute atomic E-state index is 0.727. The number of hydrogen-bond donors (Lipinski definition) is 1. The molecule has 0 saturated carbocycles. The molecule has 0 unspecified atom stereocenters. The van der Waals surface area contributed by atoms with E-state index < -0.39 is 0 Å². The molecular weight excluding hydrogens is 326 g/mol. The van der Waals surface area contributed by atoms with Crippen molar-refractivity contribution in [2.75, 3.05) is 17.7 Å². The molecular formula is C17H16BrN3. The highest BCUT2D eigenvalue weighted by Crippen LogP contribution is 2.30. The standard InChI is InChI=1S/C17H16BrN3/c1-21(11-12-5-2-3-8-16(12)19)17-14-6-4-7-15(18)13(14)9-10-20-17/h2-10H,11,19H2,1H3. The van der Waals surface area contributed by atoms with E-state index in [-0.39, 0.29) is 0 Å². The van der Waals surface area contributed by atoms with Gasteiger partial charge in [0.15, 0.2) is 0 Å². The Morgan fingerprint density at radius 1 is 1.05 bits per heavy atom. The predicted molar refractivity (Wildman–Crippen MR) is 92.4 cm³/mol. The van der Waals surface area contributed by atoms with Crippen LogP contribution in [0.2, 0.25) is 0 Å². The monoisotopic (exact) mass is 341 g/mol. The number of aromatic nitrogens is 1. The van der Waals surface area contributed by atoms with Crippen molar-refractivity contribution in [1.29, 1.82) is 0 Å². The maximum absolute atomic E-state index is 6.03. The molecule has 0 amide bonds. The molecule has 1 aromatic heterocycles. The van der Waals surface area contributed by atoms with E-state index in [1.54, 1.807) is 0 Å². The quantitative estimate of drug-likeness (QED) is 0.725. The van der Waals surface area contributed by atoms with Crippen molar-refractivity contribution in [3.05, 3.63) is 64.8 Å². The second-order valence-corrected chi connectivity index (χ2v) is 5.88. The maximum Gasteiger partial charge on any atom is 0.136 e. The van der Waals surface area contributed by atoms with Gasteiger partial charge in [-0.2, -0.15) is 0 Å². The second-order valence-electron chi connectivity index (χ2n) is 5.02. The molecule has 2 aromatic carbocycles. The first-order chi connectivity index (χ1) is 10.2. The molecule has 3 rings (SSSR count). The van der Waals surface area contributed by atoms with Gasteiger partial charge in [0.2, 0.25) is 0 Å². The fraction of sp³-hybridized carbons (Fsp3) is 0.118. The van der Waals surface area contributed by atoms with E-state index in [9.17, 15) is 0 Å². The van der Waals surface area contributed by atoms with E-state index in [1.807, 2.05) is 55.7 Å². The third-order valence-electron chi connectivity index (χ3n) is 3.56. The summed E-state index contributed by atoms with van der Waals surface area (Å²) in [5.41, 5.74) is 7.95. The molecule has 3 nitrogen and oxygen atoms in total. The Bertz CT molecular complexity index is 786. The van der Waals surface area contributed by atoms with Crippen LogP contribution in [0.3, 0.4) is 0 Å². The summed E-state index contributed by atoms with van der Waals surface area (Å²) in [6, 6.07) is 16.1. The van der Waals surface area contributed by atoms with Gasteiger partial charge in [-0.15, -0.1) is 0 Å². The number of anilines is 2. The number of benzene rings is 2. The van der Waals surface area contributed by atoms with Gasteiger partial charge in [-0.1, -0.05) is 46.3 Å². The first-order valence-corrected chi connectivity index (χ1v) is 7.54. The number of halogens is 1. The lowest BCUT2D eigenvalue weighted by Crippen LogP contribution is -2.18. The zero-order valence-corrected chi connectivity index (χ0v) is 13.3. The van der Waals surface area contributed by atoms with Crippen LogP contribution in [0, 0.1) is 0 Å². The summed E-state index contributed by atoms with van der Waals surface area (Å²) in [4.78, 5) is 6.66. The average Bonchev–Trinajstić information content (AvgIpc) is 2.49. The normalized spacial score (nSPS) is 10.8. The smallest absolute Gasteiger partial charge is 0.136 e. The Morgan fingerprint density at radius 2 is 1.86 bits per heavy atom. The van der Waals surface area contributed by atoms with Crippen molar-refractivity contribution >= 4 is 38.2 Å². The number of nitrogens with zero attached hydrogens (tertiary/aromatic N) is 2. The van der Waals surface area contributed by atoms with E-state index >= 15 is 0 Å². The van der Waals surface area contributed by atoms with Crippen LogP contribution in [0.15, 0.2) is 59.2 Å². The zero-order chi connectivity index (χ0) is 14.8. The minimum Gasteiger partial charge on any atom is -0.398 e. The Hall–Kier alpha value is -2.07. The van der Waals surface area contributed by atoms with Gasteiger partial charge in [0, 0.05) is 40.7 Å². The number of nitrogens with two attached hydrogens (primary N) is 1. The van der Waals surface area contributed by atoms with Crippen molar-refractivity contribution in [3.8, 4) is 0 Å². The molecule has 0 aliphatic rings. The number of para-hydroxylation sites is 1. The lowest BCUT2D eigenvalue weighted by Gasteiger charge is -2.21. The summed E-state index contributed by atoms with van der Waals surface area (Å²) < 4.78 is 1.08. The van der Waals surface area contributed by atoms with Gasteiger partial charge < -0.3 is 10.6 Å². The molecule has 0 bridgehead atoms. The number of fused-ring (bicyclic) bond motifs is 1. The molecule has 106 valence electrons. The number of nitrogen functional groups attached to an aromatic ring is 1. The van der Waals surface area contributed by atoms with Crippen molar-refractivity contribution in [1.82, 2.24) is 4.98 Å². The molecule has 1 heterocycles. The fourth-order valence-electron chi connectivity index (χ4n) is 2.47. The molecule has 21 heavy (non-hydrogen) atoms. The first-order valence-electron chi connectivity index (χ1n) is 6.74. The Morgan fingerprint density at radius 3 is 2.67 bits per heavy atom. The van der Waals surface area contributed by atoms with Gasteiger partial charge in [-0.05, 0) is 23.8 Å². The van der Waals surface area contributed by atoms with Crippen molar-refractivity contribution < 1.29 is 0 Å². The average molecular weight is 342 g/mol. The second kappa shape index (κ2) is 5.74. The third kappa shape index (κ3) is 2.72. The van der Waals surface area contributed by atoms with Crippen molar-refractivity contribution in [2.45, 2.75) is 6.54 Å². The van der Waals surface area contributed by atoms with Crippen molar-refractivity contribution in [3.63, 3.8) is 0 Å². The number of rotatable bonds is 3. The molecule has 2 N–H and O–H groups in total. The summed E-state index contributed by atoms with van der Waals surface area (Å²) >= 11 is 3.59. The highest BCUT2D eigenvalue weighted by molar-refractivity contribution is 9.10. The molecule has 0 saturated heterocycles. The third-order valence-corrected chi connectivity index (χ3v) is 4.25. The van der Waals surface area contributed by atoms with Gasteiger partial charge in [0.1, 0.15) is 5.82 Å². The summed E-state index contributed by atoms with van der Waals surface area (Å²) in [5.74, 6) is 0.956. The molecule has 0 radical (unpaired) electrons. The number of hydrogen-bond acceptors (Lipinski definition) is 3. The molecule has 4 heteroatoms. The molecule has 0 atom stereocenters. The van der Waals surface area contributed by atoms with E-state index in [1.165, 1.54) is 0 Å². The maximum atomic E-state index is 6.03. The van der Waals surface area contributed by atoms with Crippen LogP contribution in [-0.2, 0) is 6.54 Å². The SMILES string of the molecule is CN(Cc1ccccc1N)c1nccc2c(Br)cccc12. The fourth-order valence-corrected chi connectivity index (χ4v) is 2.96.